The number of hydrogen-bond acceptors (Lipinski definition) is 19. The Balaban J connectivity index is 0.670. The van der Waals surface area contributed by atoms with E-state index in [1.807, 2.05) is 120 Å². The number of amides is 4. The lowest BCUT2D eigenvalue weighted by atomic mass is 9.39. The molecule has 5 aromatic heterocycles. The molecule has 7 aromatic rings. The Morgan fingerprint density at radius 1 is 0.838 bits per heavy atom. The van der Waals surface area contributed by atoms with Crippen molar-refractivity contribution in [2.75, 3.05) is 55.3 Å². The highest BCUT2D eigenvalue weighted by atomic mass is 32.2. The van der Waals surface area contributed by atoms with E-state index in [1.165, 1.54) is 35.5 Å². The van der Waals surface area contributed by atoms with Gasteiger partial charge >= 0.3 is 0 Å². The number of carbonyl (C=O) groups excluding carboxylic acids is 4. The smallest absolute Gasteiger partial charge is 0.284 e. The Hall–Kier alpha value is -7.29. The van der Waals surface area contributed by atoms with Crippen LogP contribution in [0.1, 0.15) is 182 Å². The zero-order valence-electron chi connectivity index (χ0n) is 58.7. The standard InChI is InChI=1S/C74H96N14O8S3/c1-46-53-19-18-31-86(65(53)83-82-64(46)81-69-78-56-20-13-14-21-58(56)98-69)59-28-27-54(55-36-76-88(49(55)4)44-73-39-71(8)38-72(9,40-73)42-74(41-71,43-73)96-33-32-85-29-15-16-30-85)61(79-59)67(92)84-99(94,95)34-17-11-10-12-22-60(90)80-63(70(5,6)7)68(93)87-37-52(89)35-57(87)66(91)77-47(2)50-23-25-51(26-24-50)62-48(3)75-45-97-62/h13-14,20-21,23-28,36,45,47,52,57,63,89H,10-12,15-19,22,29-35,37-44H2,1-9H3,(H,77,91)(H,80,90)(H,84,92)(H,78,81,82)/t47-,52+,57?,63+,71?,72?,73?,74?/m1/s1. The lowest BCUT2D eigenvalue weighted by Gasteiger charge is -2.69. The number of hydrogen-bond donors (Lipinski definition) is 5. The van der Waals surface area contributed by atoms with E-state index in [9.17, 15) is 32.7 Å². The molecule has 2 saturated heterocycles. The zero-order valence-corrected chi connectivity index (χ0v) is 61.2. The predicted octanol–water partition coefficient (Wildman–Crippen LogP) is 11.8. The van der Waals surface area contributed by atoms with Crippen LogP contribution < -0.4 is 25.6 Å². The molecule has 2 aromatic carbocycles. The summed E-state index contributed by atoms with van der Waals surface area (Å²) in [4.78, 5) is 78.1. The highest BCUT2D eigenvalue weighted by Gasteiger charge is 2.66. The third-order valence-corrected chi connectivity index (χ3v) is 25.0. The monoisotopic (exact) mass is 1400 g/mol. The number of rotatable bonds is 25. The second-order valence-electron chi connectivity index (χ2n) is 31.3. The van der Waals surface area contributed by atoms with E-state index in [2.05, 4.69) is 54.2 Å². The van der Waals surface area contributed by atoms with E-state index >= 15 is 0 Å². The summed E-state index contributed by atoms with van der Waals surface area (Å²) < 4.78 is 40.9. The van der Waals surface area contributed by atoms with Gasteiger partial charge in [-0.3, -0.25) is 23.9 Å². The number of likely N-dealkylation sites (tertiary alicyclic amines) is 2. The maximum atomic E-state index is 14.9. The van der Waals surface area contributed by atoms with E-state index in [0.717, 1.165) is 120 Å². The number of thiazole rings is 2. The minimum atomic E-state index is -4.22. The highest BCUT2D eigenvalue weighted by molar-refractivity contribution is 7.90. The minimum Gasteiger partial charge on any atom is -0.391 e. The summed E-state index contributed by atoms with van der Waals surface area (Å²) in [5, 5.41) is 35.5. The molecule has 22 nitrogen and oxygen atoms in total. The molecule has 3 unspecified atom stereocenters. The van der Waals surface area contributed by atoms with Crippen LogP contribution in [0.4, 0.5) is 22.6 Å². The third-order valence-electron chi connectivity index (χ3n) is 21.7. The number of aliphatic hydroxyl groups is 1. The molecular formula is C74H96N14O8S3. The van der Waals surface area contributed by atoms with Crippen molar-refractivity contribution in [1.29, 1.82) is 0 Å². The lowest BCUT2D eigenvalue weighted by molar-refractivity contribution is -0.248. The van der Waals surface area contributed by atoms with Crippen LogP contribution in [0.3, 0.4) is 0 Å². The summed E-state index contributed by atoms with van der Waals surface area (Å²) in [5.74, 6) is -0.798. The Morgan fingerprint density at radius 2 is 1.59 bits per heavy atom. The molecule has 8 heterocycles. The Labute approximate surface area is 589 Å². The fourth-order valence-corrected chi connectivity index (χ4v) is 20.8. The first-order chi connectivity index (χ1) is 47.2. The number of anilines is 4. The zero-order chi connectivity index (χ0) is 69.8. The number of nitrogens with one attached hydrogen (secondary N) is 4. The van der Waals surface area contributed by atoms with Crippen LogP contribution in [0.25, 0.3) is 31.8 Å². The SMILES string of the molecule is Cc1ncsc1-c1ccc([C@@H](C)NC(=O)C2C[C@H](O)CN2C(=O)[C@H](NC(=O)CCCCCCS(=O)(=O)NC(=O)c2nc(N3CCCc4c3nnc(Nc3nc5ccccc5s3)c4C)ccc2-c2cnn(CC34CC5(C)CC(C)(C3)CC(OCCN3CCCC3)(C5)C4)c2C)C(C)(C)C)cc1. The summed E-state index contributed by atoms with van der Waals surface area (Å²) >= 11 is 3.10. The molecule has 7 aliphatic rings. The molecular weight excluding hydrogens is 1310 g/mol. The van der Waals surface area contributed by atoms with Crippen molar-refractivity contribution in [3.8, 4) is 21.6 Å². The van der Waals surface area contributed by atoms with Crippen LogP contribution in [0.5, 0.6) is 0 Å². The maximum Gasteiger partial charge on any atom is 0.284 e. The van der Waals surface area contributed by atoms with E-state index < -0.39 is 51.3 Å². The Bertz CT molecular complexity index is 4240. The molecule has 4 saturated carbocycles. The number of carbonyl (C=O) groups is 4. The van der Waals surface area contributed by atoms with Gasteiger partial charge in [-0.25, -0.2) is 28.1 Å². The number of fused-ring (bicyclic) bond motifs is 2. The topological polar surface area (TPSA) is 272 Å². The Morgan fingerprint density at radius 3 is 2.31 bits per heavy atom. The van der Waals surface area contributed by atoms with Crippen molar-refractivity contribution in [1.82, 2.24) is 60.1 Å². The van der Waals surface area contributed by atoms with Crippen LogP contribution in [-0.4, -0.2) is 151 Å². The quantitative estimate of drug-likeness (QED) is 0.0333. The number of sulfonamides is 1. The van der Waals surface area contributed by atoms with Crippen molar-refractivity contribution < 1.29 is 37.4 Å². The van der Waals surface area contributed by atoms with Crippen molar-refractivity contribution in [3.63, 3.8) is 0 Å². The second-order valence-corrected chi connectivity index (χ2v) is 35.0. The number of benzene rings is 2. The maximum absolute atomic E-state index is 14.9. The van der Waals surface area contributed by atoms with Gasteiger partial charge in [0, 0.05) is 67.0 Å². The van der Waals surface area contributed by atoms with Gasteiger partial charge in [0.1, 0.15) is 23.6 Å². The number of aromatic nitrogens is 7. The molecule has 3 aliphatic heterocycles. The van der Waals surface area contributed by atoms with Gasteiger partial charge in [-0.2, -0.15) is 5.10 Å². The molecule has 0 spiro atoms. The molecule has 6 fully saturated rings. The fourth-order valence-electron chi connectivity index (χ4n) is 18.1. The number of aryl methyl sites for hydroxylation is 1. The van der Waals surface area contributed by atoms with Gasteiger partial charge in [0.2, 0.25) is 27.7 Å². The molecule has 99 heavy (non-hydrogen) atoms. The lowest BCUT2D eigenvalue weighted by Crippen LogP contribution is -2.64. The van der Waals surface area contributed by atoms with Crippen LogP contribution in [0.2, 0.25) is 0 Å². The predicted molar refractivity (Wildman–Crippen MR) is 387 cm³/mol. The van der Waals surface area contributed by atoms with Gasteiger partial charge in [0.15, 0.2) is 16.8 Å². The molecule has 4 bridgehead atoms. The van der Waals surface area contributed by atoms with E-state index in [0.29, 0.717) is 66.1 Å². The van der Waals surface area contributed by atoms with Crippen molar-refractivity contribution >= 4 is 89.1 Å². The first kappa shape index (κ1) is 70.2. The van der Waals surface area contributed by atoms with Crippen LogP contribution in [0, 0.1) is 42.4 Å². The number of β-amino-alcohol motifs (C(OH)–C–C–N with tert-alkyl or cyclic N) is 1. The van der Waals surface area contributed by atoms with Crippen LogP contribution in [-0.2, 0) is 42.1 Å². The Kier molecular flexibility index (Phi) is 19.8. The van der Waals surface area contributed by atoms with Crippen molar-refractivity contribution in [2.45, 2.75) is 201 Å². The minimum absolute atomic E-state index is 0.0492. The molecule has 25 heteroatoms. The summed E-state index contributed by atoms with van der Waals surface area (Å²) in [6, 6.07) is 17.3. The third kappa shape index (κ3) is 15.2. The number of pyridine rings is 1. The average Bonchev–Trinajstić information content (AvgIpc) is 0.941. The van der Waals surface area contributed by atoms with Gasteiger partial charge in [0.25, 0.3) is 5.91 Å². The van der Waals surface area contributed by atoms with Gasteiger partial charge in [-0.05, 0) is 175 Å². The van der Waals surface area contributed by atoms with Gasteiger partial charge in [-0.1, -0.05) is 95.2 Å². The second kappa shape index (κ2) is 27.9. The molecule has 4 amide bonds. The van der Waals surface area contributed by atoms with Crippen molar-refractivity contribution in [3.05, 3.63) is 106 Å². The summed E-state index contributed by atoms with van der Waals surface area (Å²) in [7, 11) is -4.22. The van der Waals surface area contributed by atoms with Crippen molar-refractivity contribution in [2.24, 2.45) is 21.7 Å². The van der Waals surface area contributed by atoms with Gasteiger partial charge in [-0.15, -0.1) is 21.5 Å². The normalized spacial score (nSPS) is 24.3. The number of unbranched alkanes of at least 4 members (excludes halogenated alkanes) is 3. The number of aliphatic hydroxyl groups excluding tert-OH is 1. The number of ether oxygens (including phenoxy) is 1. The fraction of sp³-hybridized carbons (Fsp3) is 0.568. The van der Waals surface area contributed by atoms with E-state index in [4.69, 9.17) is 24.9 Å². The summed E-state index contributed by atoms with van der Waals surface area (Å²) in [6.45, 7) is 23.5. The average molecular weight is 1410 g/mol. The van der Waals surface area contributed by atoms with E-state index in [-0.39, 0.29) is 71.0 Å². The number of para-hydroxylation sites is 1. The molecule has 528 valence electrons. The largest absolute Gasteiger partial charge is 0.391 e. The molecule has 6 atom stereocenters. The first-order valence-electron chi connectivity index (χ1n) is 35.5. The molecule has 4 aliphatic carbocycles. The van der Waals surface area contributed by atoms with Crippen LogP contribution in [0.15, 0.2) is 72.4 Å². The first-order valence-corrected chi connectivity index (χ1v) is 38.8. The summed E-state index contributed by atoms with van der Waals surface area (Å²) in [6.07, 6.45) is 13.0. The van der Waals surface area contributed by atoms with Gasteiger partial charge in [0.05, 0.1) is 62.6 Å². The summed E-state index contributed by atoms with van der Waals surface area (Å²) in [5.41, 5.74) is 8.70. The van der Waals surface area contributed by atoms with E-state index in [1.54, 1.807) is 17.5 Å². The van der Waals surface area contributed by atoms with Crippen LogP contribution >= 0.6 is 22.7 Å². The molecule has 14 rings (SSSR count). The number of nitrogens with zero attached hydrogens (tertiary/aromatic N) is 10. The van der Waals surface area contributed by atoms with Gasteiger partial charge < -0.3 is 40.5 Å². The molecule has 0 radical (unpaired) electrons. The molecule has 5 N–H and O–H groups in total. The highest BCUT2D eigenvalue weighted by Crippen LogP contribution is 2.72.